The van der Waals surface area contributed by atoms with Crippen LogP contribution in [0.2, 0.25) is 5.02 Å². The van der Waals surface area contributed by atoms with E-state index in [0.717, 1.165) is 34.0 Å². The van der Waals surface area contributed by atoms with Crippen LogP contribution in [0, 0.1) is 6.92 Å². The number of aryl methyl sites for hydroxylation is 1. The molecule has 0 radical (unpaired) electrons. The Bertz CT molecular complexity index is 563. The van der Waals surface area contributed by atoms with Crippen LogP contribution in [-0.2, 0) is 0 Å². The molecule has 0 amide bonds. The van der Waals surface area contributed by atoms with Crippen LogP contribution in [0.3, 0.4) is 0 Å². The number of methoxy groups -OCH3 is 1. The number of hydrogen-bond donors (Lipinski definition) is 1. The second-order valence-corrected chi connectivity index (χ2v) is 5.19. The lowest BCUT2D eigenvalue weighted by Gasteiger charge is -2.22. The van der Waals surface area contributed by atoms with Crippen molar-refractivity contribution in [2.45, 2.75) is 26.3 Å². The third-order valence-corrected chi connectivity index (χ3v) is 3.78. The fraction of sp³-hybridized carbons (Fsp3) is 0.294. The molecule has 20 heavy (non-hydrogen) atoms. The predicted molar refractivity (Wildman–Crippen MR) is 85.8 cm³/mol. The normalized spacial score (nSPS) is 12.0. The fourth-order valence-electron chi connectivity index (χ4n) is 2.34. The van der Waals surface area contributed by atoms with Crippen LogP contribution in [0.25, 0.3) is 0 Å². The highest BCUT2D eigenvalue weighted by molar-refractivity contribution is 6.33. The molecule has 0 fully saturated rings. The third kappa shape index (κ3) is 3.07. The molecular weight excluding hydrogens is 270 g/mol. The van der Waals surface area contributed by atoms with Crippen molar-refractivity contribution in [3.05, 3.63) is 58.6 Å². The van der Waals surface area contributed by atoms with Gasteiger partial charge in [0, 0.05) is 5.56 Å². The Morgan fingerprint density at radius 1 is 1.15 bits per heavy atom. The van der Waals surface area contributed by atoms with E-state index in [0.29, 0.717) is 0 Å². The average molecular weight is 290 g/mol. The number of ether oxygens (including phenoxy) is 1. The first-order valence-corrected chi connectivity index (χ1v) is 7.19. The van der Waals surface area contributed by atoms with Gasteiger partial charge in [0.2, 0.25) is 0 Å². The summed E-state index contributed by atoms with van der Waals surface area (Å²) in [5.41, 5.74) is 3.29. The molecule has 1 N–H and O–H groups in total. The zero-order chi connectivity index (χ0) is 14.5. The molecule has 2 aromatic carbocycles. The third-order valence-electron chi connectivity index (χ3n) is 3.46. The summed E-state index contributed by atoms with van der Waals surface area (Å²) in [6.07, 6.45) is 0.949. The number of halogens is 1. The molecule has 0 saturated carbocycles. The summed E-state index contributed by atoms with van der Waals surface area (Å²) < 4.78 is 5.45. The topological polar surface area (TPSA) is 21.3 Å². The highest BCUT2D eigenvalue weighted by atomic mass is 35.5. The van der Waals surface area contributed by atoms with E-state index in [9.17, 15) is 0 Å². The Morgan fingerprint density at radius 3 is 2.55 bits per heavy atom. The van der Waals surface area contributed by atoms with Crippen LogP contribution in [0.1, 0.15) is 30.5 Å². The van der Waals surface area contributed by atoms with Crippen molar-refractivity contribution in [1.29, 1.82) is 0 Å². The summed E-state index contributed by atoms with van der Waals surface area (Å²) >= 11 is 6.30. The van der Waals surface area contributed by atoms with Gasteiger partial charge in [0.05, 0.1) is 23.9 Å². The predicted octanol–water partition coefficient (Wildman–Crippen LogP) is 5.22. The van der Waals surface area contributed by atoms with Gasteiger partial charge in [-0.2, -0.15) is 0 Å². The first kappa shape index (κ1) is 14.7. The largest absolute Gasteiger partial charge is 0.496 e. The summed E-state index contributed by atoms with van der Waals surface area (Å²) in [5.74, 6) is 0.900. The second kappa shape index (κ2) is 6.67. The van der Waals surface area contributed by atoms with E-state index in [-0.39, 0.29) is 6.04 Å². The summed E-state index contributed by atoms with van der Waals surface area (Å²) in [7, 11) is 1.70. The maximum absolute atomic E-state index is 6.30. The van der Waals surface area contributed by atoms with Gasteiger partial charge in [0.25, 0.3) is 0 Å². The molecule has 106 valence electrons. The van der Waals surface area contributed by atoms with E-state index in [4.69, 9.17) is 16.3 Å². The van der Waals surface area contributed by atoms with Gasteiger partial charge in [-0.15, -0.1) is 0 Å². The molecule has 0 heterocycles. The van der Waals surface area contributed by atoms with Crippen molar-refractivity contribution in [2.75, 3.05) is 12.4 Å². The Labute approximate surface area is 125 Å². The van der Waals surface area contributed by atoms with Crippen molar-refractivity contribution in [2.24, 2.45) is 0 Å². The van der Waals surface area contributed by atoms with Crippen LogP contribution >= 0.6 is 11.6 Å². The minimum atomic E-state index is 0.171. The van der Waals surface area contributed by atoms with Gasteiger partial charge >= 0.3 is 0 Å². The van der Waals surface area contributed by atoms with Crippen molar-refractivity contribution in [1.82, 2.24) is 0 Å². The minimum absolute atomic E-state index is 0.171. The number of anilines is 1. The highest BCUT2D eigenvalue weighted by Crippen LogP contribution is 2.33. The van der Waals surface area contributed by atoms with Crippen LogP contribution < -0.4 is 10.1 Å². The summed E-state index contributed by atoms with van der Waals surface area (Å²) in [6, 6.07) is 14.2. The zero-order valence-electron chi connectivity index (χ0n) is 12.1. The standard InChI is InChI=1S/C17H20ClNO/c1-4-15(13-9-5-6-11-16(13)20-3)19-17-12(2)8-7-10-14(17)18/h5-11,15,19H,4H2,1-3H3. The van der Waals surface area contributed by atoms with E-state index in [2.05, 4.69) is 31.3 Å². The molecule has 2 aromatic rings. The van der Waals surface area contributed by atoms with E-state index >= 15 is 0 Å². The summed E-state index contributed by atoms with van der Waals surface area (Å²) in [4.78, 5) is 0. The van der Waals surface area contributed by atoms with Crippen LogP contribution in [0.5, 0.6) is 5.75 Å². The Morgan fingerprint density at radius 2 is 1.90 bits per heavy atom. The molecule has 0 aliphatic rings. The molecule has 3 heteroatoms. The average Bonchev–Trinajstić information content (AvgIpc) is 2.47. The maximum Gasteiger partial charge on any atom is 0.124 e. The molecule has 1 unspecified atom stereocenters. The van der Waals surface area contributed by atoms with E-state index in [1.807, 2.05) is 30.3 Å². The molecule has 2 rings (SSSR count). The van der Waals surface area contributed by atoms with Crippen LogP contribution in [0.4, 0.5) is 5.69 Å². The molecule has 2 nitrogen and oxygen atoms in total. The lowest BCUT2D eigenvalue weighted by molar-refractivity contribution is 0.406. The molecule has 0 bridgehead atoms. The molecule has 0 spiro atoms. The van der Waals surface area contributed by atoms with Crippen molar-refractivity contribution in [3.8, 4) is 5.75 Å². The summed E-state index contributed by atoms with van der Waals surface area (Å²) in [5, 5.41) is 4.29. The number of rotatable bonds is 5. The van der Waals surface area contributed by atoms with Crippen LogP contribution in [0.15, 0.2) is 42.5 Å². The van der Waals surface area contributed by atoms with Crippen molar-refractivity contribution >= 4 is 17.3 Å². The second-order valence-electron chi connectivity index (χ2n) is 4.78. The molecule has 0 aliphatic heterocycles. The Balaban J connectivity index is 2.34. The zero-order valence-corrected chi connectivity index (χ0v) is 12.9. The number of hydrogen-bond acceptors (Lipinski definition) is 2. The SMILES string of the molecule is CCC(Nc1c(C)cccc1Cl)c1ccccc1OC. The van der Waals surface area contributed by atoms with E-state index < -0.39 is 0 Å². The smallest absolute Gasteiger partial charge is 0.124 e. The lowest BCUT2D eigenvalue weighted by atomic mass is 10.0. The van der Waals surface area contributed by atoms with Gasteiger partial charge < -0.3 is 10.1 Å². The van der Waals surface area contributed by atoms with Crippen LogP contribution in [-0.4, -0.2) is 7.11 Å². The highest BCUT2D eigenvalue weighted by Gasteiger charge is 2.15. The monoisotopic (exact) mass is 289 g/mol. The Hall–Kier alpha value is -1.67. The summed E-state index contributed by atoms with van der Waals surface area (Å²) in [6.45, 7) is 4.21. The van der Waals surface area contributed by atoms with E-state index in [1.54, 1.807) is 7.11 Å². The number of para-hydroxylation sites is 2. The van der Waals surface area contributed by atoms with Gasteiger partial charge in [-0.3, -0.25) is 0 Å². The molecule has 0 aliphatic carbocycles. The molecule has 0 saturated heterocycles. The molecule has 1 atom stereocenters. The fourth-order valence-corrected chi connectivity index (χ4v) is 2.62. The molecule has 0 aromatic heterocycles. The van der Waals surface area contributed by atoms with Gasteiger partial charge in [-0.1, -0.05) is 48.9 Å². The molecular formula is C17H20ClNO. The quantitative estimate of drug-likeness (QED) is 0.815. The minimum Gasteiger partial charge on any atom is -0.496 e. The Kier molecular flexibility index (Phi) is 4.91. The van der Waals surface area contributed by atoms with Crippen molar-refractivity contribution in [3.63, 3.8) is 0 Å². The maximum atomic E-state index is 6.30. The number of nitrogens with one attached hydrogen (secondary N) is 1. The first-order chi connectivity index (χ1) is 9.67. The van der Waals surface area contributed by atoms with Gasteiger partial charge in [-0.25, -0.2) is 0 Å². The van der Waals surface area contributed by atoms with Gasteiger partial charge in [0.15, 0.2) is 0 Å². The van der Waals surface area contributed by atoms with Gasteiger partial charge in [-0.05, 0) is 31.0 Å². The number of benzene rings is 2. The lowest BCUT2D eigenvalue weighted by Crippen LogP contribution is -2.12. The van der Waals surface area contributed by atoms with Gasteiger partial charge in [0.1, 0.15) is 5.75 Å². The van der Waals surface area contributed by atoms with E-state index in [1.165, 1.54) is 0 Å². The van der Waals surface area contributed by atoms with Crippen molar-refractivity contribution < 1.29 is 4.74 Å². The first-order valence-electron chi connectivity index (χ1n) is 6.82.